The summed E-state index contributed by atoms with van der Waals surface area (Å²) in [7, 11) is 0. The van der Waals surface area contributed by atoms with Crippen LogP contribution in [0.4, 0.5) is 10.1 Å². The van der Waals surface area contributed by atoms with Gasteiger partial charge in [0.1, 0.15) is 5.82 Å². The van der Waals surface area contributed by atoms with Gasteiger partial charge in [-0.3, -0.25) is 0 Å². The summed E-state index contributed by atoms with van der Waals surface area (Å²) in [5.41, 5.74) is 1.40. The van der Waals surface area contributed by atoms with Gasteiger partial charge < -0.3 is 10.5 Å². The molecule has 1 N–H and O–H groups in total. The third-order valence-corrected chi connectivity index (χ3v) is 4.24. The summed E-state index contributed by atoms with van der Waals surface area (Å²) in [6.07, 6.45) is -0.978. The van der Waals surface area contributed by atoms with Gasteiger partial charge >= 0.3 is 0 Å². The second kappa shape index (κ2) is 5.86. The first kappa shape index (κ1) is 16.4. The number of benzene rings is 2. The zero-order valence-electron chi connectivity index (χ0n) is 12.0. The fourth-order valence-electron chi connectivity index (χ4n) is 2.54. The Balaban J connectivity index is 2.31. The molecule has 0 saturated heterocycles. The van der Waals surface area contributed by atoms with E-state index < -0.39 is 16.3 Å². The first-order chi connectivity index (χ1) is 10.8. The second-order valence-electron chi connectivity index (χ2n) is 5.35. The van der Waals surface area contributed by atoms with Gasteiger partial charge in [0.2, 0.25) is 5.71 Å². The maximum absolute atomic E-state index is 14.3. The van der Waals surface area contributed by atoms with Gasteiger partial charge in [-0.2, -0.15) is 4.74 Å². The normalized spacial score (nSPS) is 17.7. The van der Waals surface area contributed by atoms with E-state index in [1.54, 1.807) is 30.3 Å². The lowest BCUT2D eigenvalue weighted by atomic mass is 9.97. The van der Waals surface area contributed by atoms with Crippen LogP contribution >= 0.6 is 34.8 Å². The molecule has 0 amide bonds. The van der Waals surface area contributed by atoms with Gasteiger partial charge in [-0.25, -0.2) is 4.39 Å². The van der Waals surface area contributed by atoms with Crippen molar-refractivity contribution in [2.45, 2.75) is 17.4 Å². The predicted molar refractivity (Wildman–Crippen MR) is 92.2 cm³/mol. The topological polar surface area (TPSA) is 38.1 Å². The molecule has 0 radical (unpaired) electrons. The summed E-state index contributed by atoms with van der Waals surface area (Å²) < 4.78 is 13.5. The van der Waals surface area contributed by atoms with Crippen molar-refractivity contribution in [3.05, 3.63) is 69.6 Å². The van der Waals surface area contributed by atoms with Crippen LogP contribution in [-0.4, -0.2) is 20.9 Å². The number of rotatable bonds is 2. The average Bonchev–Trinajstić information content (AvgIpc) is 2.47. The quantitative estimate of drug-likeness (QED) is 0.468. The minimum Gasteiger partial charge on any atom is -0.622 e. The summed E-state index contributed by atoms with van der Waals surface area (Å²) in [6, 6.07) is 11.0. The van der Waals surface area contributed by atoms with E-state index in [2.05, 4.69) is 5.32 Å². The minimum atomic E-state index is -1.39. The van der Waals surface area contributed by atoms with Crippen molar-refractivity contribution in [2.24, 2.45) is 0 Å². The molecule has 23 heavy (non-hydrogen) atoms. The first-order valence-corrected chi connectivity index (χ1v) is 7.95. The highest BCUT2D eigenvalue weighted by atomic mass is 35.5. The molecule has 0 saturated carbocycles. The zero-order chi connectivity index (χ0) is 16.8. The molecule has 2 aromatic rings. The highest BCUT2D eigenvalue weighted by Gasteiger charge is 2.43. The van der Waals surface area contributed by atoms with E-state index in [9.17, 15) is 9.60 Å². The molecule has 0 spiro atoms. The number of fused-ring (bicyclic) bond motifs is 1. The molecule has 7 heteroatoms. The number of alkyl halides is 2. The van der Waals surface area contributed by atoms with Crippen molar-refractivity contribution in [1.29, 1.82) is 0 Å². The SMILES string of the molecule is CC(Cl)(Cl)C1Nc2ccc(Cl)cc2C(c2ccccc2F)=[N+]1[O-]. The van der Waals surface area contributed by atoms with Crippen LogP contribution in [0.25, 0.3) is 0 Å². The van der Waals surface area contributed by atoms with Gasteiger partial charge in [0.25, 0.3) is 6.17 Å². The summed E-state index contributed by atoms with van der Waals surface area (Å²) in [6.45, 7) is 1.50. The largest absolute Gasteiger partial charge is 0.622 e. The van der Waals surface area contributed by atoms with Crippen molar-refractivity contribution >= 4 is 46.2 Å². The summed E-state index contributed by atoms with van der Waals surface area (Å²) in [5.74, 6) is -0.513. The van der Waals surface area contributed by atoms with Crippen LogP contribution in [-0.2, 0) is 0 Å². The van der Waals surface area contributed by atoms with Crippen LogP contribution in [0.1, 0.15) is 18.1 Å². The molecule has 1 atom stereocenters. The average molecular weight is 374 g/mol. The van der Waals surface area contributed by atoms with Crippen molar-refractivity contribution < 1.29 is 9.13 Å². The van der Waals surface area contributed by atoms with Gasteiger partial charge in [-0.1, -0.05) is 46.9 Å². The van der Waals surface area contributed by atoms with E-state index in [0.717, 1.165) is 0 Å². The van der Waals surface area contributed by atoms with E-state index in [0.29, 0.717) is 21.0 Å². The van der Waals surface area contributed by atoms with Crippen molar-refractivity contribution in [1.82, 2.24) is 0 Å². The Morgan fingerprint density at radius 3 is 2.52 bits per heavy atom. The van der Waals surface area contributed by atoms with E-state index in [1.165, 1.54) is 19.1 Å². The smallest absolute Gasteiger partial charge is 0.270 e. The fourth-order valence-corrected chi connectivity index (χ4v) is 3.00. The Morgan fingerprint density at radius 1 is 1.17 bits per heavy atom. The molecule has 0 bridgehead atoms. The molecular formula is C16H12Cl3FN2O. The van der Waals surface area contributed by atoms with Crippen LogP contribution in [0.15, 0.2) is 42.5 Å². The Bertz CT molecular complexity index is 802. The van der Waals surface area contributed by atoms with E-state index in [1.807, 2.05) is 0 Å². The van der Waals surface area contributed by atoms with Crippen LogP contribution in [0.3, 0.4) is 0 Å². The van der Waals surface area contributed by atoms with Crippen molar-refractivity contribution in [3.63, 3.8) is 0 Å². The number of hydrogen-bond acceptors (Lipinski definition) is 2. The van der Waals surface area contributed by atoms with Gasteiger partial charge in [0, 0.05) is 5.02 Å². The van der Waals surface area contributed by atoms with Crippen molar-refractivity contribution in [3.8, 4) is 0 Å². The van der Waals surface area contributed by atoms with E-state index in [-0.39, 0.29) is 11.3 Å². The third kappa shape index (κ3) is 2.99. The lowest BCUT2D eigenvalue weighted by Crippen LogP contribution is -2.48. The molecule has 120 valence electrons. The van der Waals surface area contributed by atoms with Gasteiger partial charge in [-0.15, -0.1) is 0 Å². The van der Waals surface area contributed by atoms with Gasteiger partial charge in [-0.05, 0) is 37.3 Å². The van der Waals surface area contributed by atoms with Crippen LogP contribution in [0.5, 0.6) is 0 Å². The first-order valence-electron chi connectivity index (χ1n) is 6.81. The lowest BCUT2D eigenvalue weighted by molar-refractivity contribution is -0.495. The molecule has 1 aliphatic heterocycles. The maximum atomic E-state index is 14.3. The molecule has 1 heterocycles. The van der Waals surface area contributed by atoms with Crippen LogP contribution in [0, 0.1) is 11.0 Å². The molecule has 0 aromatic heterocycles. The maximum Gasteiger partial charge on any atom is 0.270 e. The Labute approximate surface area is 147 Å². The molecular weight excluding hydrogens is 362 g/mol. The Morgan fingerprint density at radius 2 is 1.87 bits per heavy atom. The molecule has 0 aliphatic carbocycles. The number of nitrogens with zero attached hydrogens (tertiary/aromatic N) is 1. The number of nitrogens with one attached hydrogen (secondary N) is 1. The minimum absolute atomic E-state index is 0.136. The molecule has 1 unspecified atom stereocenters. The Hall–Kier alpha value is -1.49. The summed E-state index contributed by atoms with van der Waals surface area (Å²) in [4.78, 5) is 0. The number of hydroxylamine groups is 1. The number of anilines is 1. The van der Waals surface area contributed by atoms with E-state index >= 15 is 0 Å². The standard InChI is InChI=1S/C16H12Cl3FN2O/c1-16(18,19)15-21-13-7-6-9(17)8-11(13)14(22(15)23)10-4-2-3-5-12(10)20/h2-8,15,21H,1H3. The molecule has 0 fully saturated rings. The highest BCUT2D eigenvalue weighted by molar-refractivity contribution is 6.48. The zero-order valence-corrected chi connectivity index (χ0v) is 14.3. The molecule has 2 aromatic carbocycles. The van der Waals surface area contributed by atoms with Gasteiger partial charge in [0.05, 0.1) is 16.8 Å². The van der Waals surface area contributed by atoms with Crippen LogP contribution < -0.4 is 5.32 Å². The van der Waals surface area contributed by atoms with Crippen LogP contribution in [0.2, 0.25) is 5.02 Å². The van der Waals surface area contributed by atoms with Gasteiger partial charge in [0.15, 0.2) is 4.33 Å². The number of hydrogen-bond donors (Lipinski definition) is 1. The molecule has 3 nitrogen and oxygen atoms in total. The fraction of sp³-hybridized carbons (Fsp3) is 0.188. The second-order valence-corrected chi connectivity index (χ2v) is 7.55. The molecule has 3 rings (SSSR count). The summed E-state index contributed by atoms with van der Waals surface area (Å²) in [5, 5.41) is 16.3. The monoisotopic (exact) mass is 372 g/mol. The summed E-state index contributed by atoms with van der Waals surface area (Å²) >= 11 is 18.3. The predicted octanol–water partition coefficient (Wildman–Crippen LogP) is 4.77. The van der Waals surface area contributed by atoms with Crippen molar-refractivity contribution in [2.75, 3.05) is 5.32 Å². The Kier molecular flexibility index (Phi) is 4.17. The van der Waals surface area contributed by atoms with E-state index in [4.69, 9.17) is 34.8 Å². The number of halogens is 4. The molecule has 1 aliphatic rings. The highest BCUT2D eigenvalue weighted by Crippen LogP contribution is 2.35. The lowest BCUT2D eigenvalue weighted by Gasteiger charge is -2.32. The third-order valence-electron chi connectivity index (χ3n) is 3.59.